The Kier molecular flexibility index (Phi) is 10.8. The van der Waals surface area contributed by atoms with Gasteiger partial charge in [0.05, 0.1) is 11.4 Å². The van der Waals surface area contributed by atoms with Crippen LogP contribution in [0.25, 0.3) is 0 Å². The second-order valence-electron chi connectivity index (χ2n) is 5.85. The van der Waals surface area contributed by atoms with Crippen molar-refractivity contribution >= 4 is 39.8 Å². The standard InChI is InChI=1S/C19H26N4O3S.HI/c1-3-20-19(22-13-11-16-6-4-5-12-21-16)23-14-15-26-17-7-9-18(10-8-17)27(2,24)25;/h4-10,12H,3,11,13-15H2,1-2H3,(H2,20,22,23);1H. The zero-order valence-corrected chi connectivity index (χ0v) is 19.2. The maximum atomic E-state index is 11.4. The summed E-state index contributed by atoms with van der Waals surface area (Å²) >= 11 is 0. The van der Waals surface area contributed by atoms with Crippen molar-refractivity contribution in [3.63, 3.8) is 0 Å². The number of nitrogens with zero attached hydrogens (tertiary/aromatic N) is 2. The third-order valence-corrected chi connectivity index (χ3v) is 4.75. The first kappa shape index (κ1) is 24.2. The summed E-state index contributed by atoms with van der Waals surface area (Å²) in [5.74, 6) is 1.35. The van der Waals surface area contributed by atoms with Crippen molar-refractivity contribution in [2.45, 2.75) is 18.2 Å². The van der Waals surface area contributed by atoms with Crippen molar-refractivity contribution in [3.05, 3.63) is 54.4 Å². The lowest BCUT2D eigenvalue weighted by molar-refractivity contribution is 0.321. The number of sulfone groups is 1. The number of nitrogens with one attached hydrogen (secondary N) is 2. The first-order valence-electron chi connectivity index (χ1n) is 8.84. The van der Waals surface area contributed by atoms with Crippen LogP contribution in [0.5, 0.6) is 5.75 Å². The lowest BCUT2D eigenvalue weighted by Gasteiger charge is -2.12. The molecule has 2 rings (SSSR count). The summed E-state index contributed by atoms with van der Waals surface area (Å²) in [7, 11) is -3.19. The number of guanidine groups is 1. The lowest BCUT2D eigenvalue weighted by Crippen LogP contribution is -2.39. The van der Waals surface area contributed by atoms with Gasteiger partial charge in [0.25, 0.3) is 0 Å². The Hall–Kier alpha value is -1.88. The van der Waals surface area contributed by atoms with Crippen LogP contribution in [0.2, 0.25) is 0 Å². The van der Waals surface area contributed by atoms with Crippen LogP contribution in [0.1, 0.15) is 12.6 Å². The first-order chi connectivity index (χ1) is 13.0. The summed E-state index contributed by atoms with van der Waals surface area (Å²) in [5.41, 5.74) is 1.01. The van der Waals surface area contributed by atoms with Gasteiger partial charge in [-0.15, -0.1) is 24.0 Å². The zero-order valence-electron chi connectivity index (χ0n) is 16.1. The van der Waals surface area contributed by atoms with Gasteiger partial charge in [0, 0.05) is 37.7 Å². The highest BCUT2D eigenvalue weighted by atomic mass is 127. The summed E-state index contributed by atoms with van der Waals surface area (Å²) in [5, 5.41) is 6.40. The maximum Gasteiger partial charge on any atom is 0.191 e. The van der Waals surface area contributed by atoms with Crippen molar-refractivity contribution in [1.29, 1.82) is 0 Å². The molecule has 0 unspecified atom stereocenters. The Morgan fingerprint density at radius 2 is 1.89 bits per heavy atom. The van der Waals surface area contributed by atoms with Crippen molar-refractivity contribution in [3.8, 4) is 5.75 Å². The molecule has 0 radical (unpaired) electrons. The molecule has 0 bridgehead atoms. The average molecular weight is 518 g/mol. The van der Waals surface area contributed by atoms with E-state index in [1.165, 1.54) is 6.26 Å². The Morgan fingerprint density at radius 1 is 1.14 bits per heavy atom. The molecule has 9 heteroatoms. The van der Waals surface area contributed by atoms with Crippen LogP contribution in [0.3, 0.4) is 0 Å². The number of hydrogen-bond donors (Lipinski definition) is 2. The number of pyridine rings is 1. The van der Waals surface area contributed by atoms with Crippen LogP contribution in [-0.2, 0) is 16.3 Å². The third kappa shape index (κ3) is 8.87. The topological polar surface area (TPSA) is 92.7 Å². The second-order valence-corrected chi connectivity index (χ2v) is 7.87. The molecule has 1 heterocycles. The predicted octanol–water partition coefficient (Wildman–Crippen LogP) is 2.28. The van der Waals surface area contributed by atoms with E-state index in [-0.39, 0.29) is 28.9 Å². The summed E-state index contributed by atoms with van der Waals surface area (Å²) in [6.45, 7) is 4.42. The SMILES string of the molecule is CCNC(=NCCc1ccccn1)NCCOc1ccc(S(C)(=O)=O)cc1.I. The van der Waals surface area contributed by atoms with Crippen molar-refractivity contribution in [2.24, 2.45) is 4.99 Å². The van der Waals surface area contributed by atoms with Gasteiger partial charge in [-0.1, -0.05) is 6.07 Å². The molecule has 0 aliphatic rings. The molecule has 0 amide bonds. The fourth-order valence-electron chi connectivity index (χ4n) is 2.29. The Morgan fingerprint density at radius 3 is 2.50 bits per heavy atom. The highest BCUT2D eigenvalue weighted by molar-refractivity contribution is 14.0. The van der Waals surface area contributed by atoms with Gasteiger partial charge in [-0.2, -0.15) is 0 Å². The molecule has 1 aromatic carbocycles. The largest absolute Gasteiger partial charge is 0.492 e. The second kappa shape index (κ2) is 12.6. The van der Waals surface area contributed by atoms with Gasteiger partial charge in [-0.3, -0.25) is 9.98 Å². The molecular formula is C19H27IN4O3S. The number of rotatable bonds is 9. The van der Waals surface area contributed by atoms with Gasteiger partial charge in [-0.05, 0) is 43.3 Å². The van der Waals surface area contributed by atoms with Crippen molar-refractivity contribution < 1.29 is 13.2 Å². The van der Waals surface area contributed by atoms with E-state index < -0.39 is 9.84 Å². The highest BCUT2D eigenvalue weighted by Crippen LogP contribution is 2.15. The zero-order chi connectivity index (χ0) is 19.5. The van der Waals surface area contributed by atoms with E-state index in [2.05, 4.69) is 20.6 Å². The van der Waals surface area contributed by atoms with Crippen LogP contribution >= 0.6 is 24.0 Å². The Labute approximate surface area is 184 Å². The van der Waals surface area contributed by atoms with Crippen molar-refractivity contribution in [2.75, 3.05) is 32.5 Å². The van der Waals surface area contributed by atoms with Crippen LogP contribution in [-0.4, -0.2) is 51.9 Å². The summed E-state index contributed by atoms with van der Waals surface area (Å²) in [6, 6.07) is 12.2. The molecule has 0 saturated heterocycles. The van der Waals surface area contributed by atoms with E-state index in [0.717, 1.165) is 24.6 Å². The fraction of sp³-hybridized carbons (Fsp3) is 0.368. The number of halogens is 1. The lowest BCUT2D eigenvalue weighted by atomic mass is 10.3. The molecule has 2 aromatic rings. The molecule has 7 nitrogen and oxygen atoms in total. The van der Waals surface area contributed by atoms with Gasteiger partial charge < -0.3 is 15.4 Å². The Bertz CT molecular complexity index is 828. The van der Waals surface area contributed by atoms with E-state index in [0.29, 0.717) is 25.4 Å². The molecule has 0 atom stereocenters. The molecule has 0 saturated carbocycles. The molecule has 0 aliphatic heterocycles. The summed E-state index contributed by atoms with van der Waals surface area (Å²) in [4.78, 5) is 9.09. The number of aliphatic imine (C=N–C) groups is 1. The smallest absolute Gasteiger partial charge is 0.191 e. The van der Waals surface area contributed by atoms with Gasteiger partial charge in [0.2, 0.25) is 0 Å². The van der Waals surface area contributed by atoms with Crippen LogP contribution in [0, 0.1) is 0 Å². The molecule has 0 spiro atoms. The van der Waals surface area contributed by atoms with Gasteiger partial charge in [0.15, 0.2) is 15.8 Å². The molecule has 154 valence electrons. The maximum absolute atomic E-state index is 11.4. The number of ether oxygens (including phenoxy) is 1. The minimum Gasteiger partial charge on any atom is -0.492 e. The normalized spacial score (nSPS) is 11.4. The van der Waals surface area contributed by atoms with E-state index in [1.807, 2.05) is 25.1 Å². The average Bonchev–Trinajstić information content (AvgIpc) is 2.65. The Balaban J connectivity index is 0.00000392. The predicted molar refractivity (Wildman–Crippen MR) is 122 cm³/mol. The molecule has 28 heavy (non-hydrogen) atoms. The minimum atomic E-state index is -3.19. The van der Waals surface area contributed by atoms with Crippen LogP contribution in [0.4, 0.5) is 0 Å². The van der Waals surface area contributed by atoms with E-state index in [9.17, 15) is 8.42 Å². The molecular weight excluding hydrogens is 491 g/mol. The van der Waals surface area contributed by atoms with E-state index >= 15 is 0 Å². The molecule has 0 fully saturated rings. The highest BCUT2D eigenvalue weighted by Gasteiger charge is 2.06. The molecule has 2 N–H and O–H groups in total. The van der Waals surface area contributed by atoms with E-state index in [1.54, 1.807) is 30.5 Å². The number of benzene rings is 1. The van der Waals surface area contributed by atoms with Crippen LogP contribution < -0.4 is 15.4 Å². The quantitative estimate of drug-likeness (QED) is 0.229. The van der Waals surface area contributed by atoms with Crippen molar-refractivity contribution in [1.82, 2.24) is 15.6 Å². The molecule has 1 aromatic heterocycles. The fourth-order valence-corrected chi connectivity index (χ4v) is 2.92. The van der Waals surface area contributed by atoms with Crippen LogP contribution in [0.15, 0.2) is 58.5 Å². The number of aromatic nitrogens is 1. The van der Waals surface area contributed by atoms with E-state index in [4.69, 9.17) is 4.74 Å². The third-order valence-electron chi connectivity index (χ3n) is 3.62. The van der Waals surface area contributed by atoms with Gasteiger partial charge in [0.1, 0.15) is 12.4 Å². The minimum absolute atomic E-state index is 0. The number of hydrogen-bond acceptors (Lipinski definition) is 5. The summed E-state index contributed by atoms with van der Waals surface area (Å²) in [6.07, 6.45) is 3.74. The molecule has 0 aliphatic carbocycles. The van der Waals surface area contributed by atoms with Gasteiger partial charge in [-0.25, -0.2) is 8.42 Å². The monoisotopic (exact) mass is 518 g/mol. The van der Waals surface area contributed by atoms with Gasteiger partial charge >= 0.3 is 0 Å². The first-order valence-corrected chi connectivity index (χ1v) is 10.7. The summed E-state index contributed by atoms with van der Waals surface area (Å²) < 4.78 is 28.5.